The second kappa shape index (κ2) is 6.91. The highest BCUT2D eigenvalue weighted by Gasteiger charge is 2.07. The van der Waals surface area contributed by atoms with E-state index in [1.54, 1.807) is 0 Å². The van der Waals surface area contributed by atoms with Crippen molar-refractivity contribution in [2.45, 2.75) is 20.4 Å². The van der Waals surface area contributed by atoms with E-state index in [1.165, 1.54) is 0 Å². The zero-order valence-electron chi connectivity index (χ0n) is 10.3. The minimum Gasteiger partial charge on any atom is -0.494 e. The van der Waals surface area contributed by atoms with Crippen molar-refractivity contribution in [3.8, 4) is 5.75 Å². The molecule has 0 heterocycles. The summed E-state index contributed by atoms with van der Waals surface area (Å²) in [5.41, 5.74) is 1.09. The lowest BCUT2D eigenvalue weighted by Gasteiger charge is -2.18. The summed E-state index contributed by atoms with van der Waals surface area (Å²) in [6.07, 6.45) is 0. The van der Waals surface area contributed by atoms with Crippen LogP contribution in [0.4, 0.5) is 0 Å². The van der Waals surface area contributed by atoms with Crippen LogP contribution in [0.15, 0.2) is 24.3 Å². The van der Waals surface area contributed by atoms with E-state index < -0.39 is 5.97 Å². The molecule has 0 aliphatic rings. The van der Waals surface area contributed by atoms with E-state index in [0.717, 1.165) is 17.9 Å². The van der Waals surface area contributed by atoms with Crippen molar-refractivity contribution in [1.82, 2.24) is 4.90 Å². The number of rotatable bonds is 7. The average Bonchev–Trinajstić information content (AvgIpc) is 2.30. The lowest BCUT2D eigenvalue weighted by atomic mass is 10.2. The highest BCUT2D eigenvalue weighted by Crippen LogP contribution is 2.13. The number of ether oxygens (including phenoxy) is 1. The number of carboxylic acids is 1. The molecule has 4 heteroatoms. The molecular formula is C13H19NO3. The summed E-state index contributed by atoms with van der Waals surface area (Å²) in [7, 11) is 0. The van der Waals surface area contributed by atoms with Gasteiger partial charge in [-0.2, -0.15) is 0 Å². The van der Waals surface area contributed by atoms with Gasteiger partial charge in [-0.05, 0) is 31.2 Å². The largest absolute Gasteiger partial charge is 0.494 e. The highest BCUT2D eigenvalue weighted by atomic mass is 16.5. The van der Waals surface area contributed by atoms with E-state index >= 15 is 0 Å². The molecule has 1 aromatic carbocycles. The Bertz CT molecular complexity index is 348. The molecule has 17 heavy (non-hydrogen) atoms. The monoisotopic (exact) mass is 237 g/mol. The normalized spacial score (nSPS) is 10.5. The number of likely N-dealkylation sites (N-methyl/N-ethyl adjacent to an activating group) is 1. The summed E-state index contributed by atoms with van der Waals surface area (Å²) in [6, 6.07) is 7.76. The molecular weight excluding hydrogens is 218 g/mol. The fourth-order valence-corrected chi connectivity index (χ4v) is 1.59. The van der Waals surface area contributed by atoms with Gasteiger partial charge in [-0.25, -0.2) is 0 Å². The third-order valence-electron chi connectivity index (χ3n) is 2.45. The van der Waals surface area contributed by atoms with Crippen LogP contribution in [-0.4, -0.2) is 35.7 Å². The Morgan fingerprint density at radius 3 is 2.41 bits per heavy atom. The van der Waals surface area contributed by atoms with Crippen LogP contribution in [0.5, 0.6) is 5.75 Å². The zero-order chi connectivity index (χ0) is 12.7. The first-order valence-corrected chi connectivity index (χ1v) is 5.81. The molecule has 0 bridgehead atoms. The smallest absolute Gasteiger partial charge is 0.317 e. The van der Waals surface area contributed by atoms with E-state index in [0.29, 0.717) is 13.2 Å². The molecule has 1 N–H and O–H groups in total. The molecule has 0 unspecified atom stereocenters. The number of carboxylic acid groups (broad SMARTS) is 1. The molecule has 0 aromatic heterocycles. The molecule has 1 aromatic rings. The molecule has 0 fully saturated rings. The molecule has 0 saturated carbocycles. The van der Waals surface area contributed by atoms with Crippen LogP contribution in [0.2, 0.25) is 0 Å². The van der Waals surface area contributed by atoms with Gasteiger partial charge >= 0.3 is 5.97 Å². The van der Waals surface area contributed by atoms with Crippen molar-refractivity contribution in [3.05, 3.63) is 29.8 Å². The number of hydrogen-bond donors (Lipinski definition) is 1. The van der Waals surface area contributed by atoms with Crippen LogP contribution in [-0.2, 0) is 11.3 Å². The van der Waals surface area contributed by atoms with E-state index in [4.69, 9.17) is 9.84 Å². The van der Waals surface area contributed by atoms with Gasteiger partial charge in [-0.1, -0.05) is 19.1 Å². The maximum absolute atomic E-state index is 10.6. The topological polar surface area (TPSA) is 49.8 Å². The van der Waals surface area contributed by atoms with Gasteiger partial charge in [0.2, 0.25) is 0 Å². The lowest BCUT2D eigenvalue weighted by molar-refractivity contribution is -0.138. The summed E-state index contributed by atoms with van der Waals surface area (Å²) in [5, 5.41) is 8.75. The average molecular weight is 237 g/mol. The van der Waals surface area contributed by atoms with Crippen LogP contribution in [0.3, 0.4) is 0 Å². The summed E-state index contributed by atoms with van der Waals surface area (Å²) < 4.78 is 5.35. The second-order valence-corrected chi connectivity index (χ2v) is 3.77. The van der Waals surface area contributed by atoms with Gasteiger partial charge in [0.25, 0.3) is 0 Å². The van der Waals surface area contributed by atoms with Gasteiger partial charge in [-0.15, -0.1) is 0 Å². The minimum atomic E-state index is -0.794. The van der Waals surface area contributed by atoms with Crippen molar-refractivity contribution >= 4 is 5.97 Å². The molecule has 94 valence electrons. The lowest BCUT2D eigenvalue weighted by Crippen LogP contribution is -2.28. The second-order valence-electron chi connectivity index (χ2n) is 3.77. The van der Waals surface area contributed by atoms with Crippen molar-refractivity contribution < 1.29 is 14.6 Å². The molecule has 4 nitrogen and oxygen atoms in total. The van der Waals surface area contributed by atoms with Crippen LogP contribution in [0.1, 0.15) is 19.4 Å². The van der Waals surface area contributed by atoms with Gasteiger partial charge in [0.1, 0.15) is 5.75 Å². The van der Waals surface area contributed by atoms with Crippen LogP contribution in [0, 0.1) is 0 Å². The van der Waals surface area contributed by atoms with Crippen molar-refractivity contribution in [2.75, 3.05) is 19.7 Å². The first-order valence-electron chi connectivity index (χ1n) is 5.81. The molecule has 0 amide bonds. The maximum atomic E-state index is 10.6. The Morgan fingerprint density at radius 1 is 1.29 bits per heavy atom. The Balaban J connectivity index is 2.57. The molecule has 0 spiro atoms. The Labute approximate surface area is 102 Å². The first kappa shape index (κ1) is 13.5. The van der Waals surface area contributed by atoms with Crippen molar-refractivity contribution in [3.63, 3.8) is 0 Å². The molecule has 0 atom stereocenters. The van der Waals surface area contributed by atoms with Crippen molar-refractivity contribution in [1.29, 1.82) is 0 Å². The fraction of sp³-hybridized carbons (Fsp3) is 0.462. The third kappa shape index (κ3) is 4.87. The third-order valence-corrected chi connectivity index (χ3v) is 2.45. The predicted molar refractivity (Wildman–Crippen MR) is 66.2 cm³/mol. The summed E-state index contributed by atoms with van der Waals surface area (Å²) >= 11 is 0. The molecule has 0 radical (unpaired) electrons. The minimum absolute atomic E-state index is 0.0731. The summed E-state index contributed by atoms with van der Waals surface area (Å²) in [4.78, 5) is 12.5. The summed E-state index contributed by atoms with van der Waals surface area (Å²) in [6.45, 7) is 6.00. The molecule has 0 saturated heterocycles. The van der Waals surface area contributed by atoms with Crippen LogP contribution >= 0.6 is 0 Å². The van der Waals surface area contributed by atoms with Gasteiger partial charge < -0.3 is 9.84 Å². The number of benzene rings is 1. The van der Waals surface area contributed by atoms with Crippen molar-refractivity contribution in [2.24, 2.45) is 0 Å². The van der Waals surface area contributed by atoms with E-state index in [1.807, 2.05) is 43.0 Å². The predicted octanol–water partition coefficient (Wildman–Crippen LogP) is 1.99. The maximum Gasteiger partial charge on any atom is 0.317 e. The number of nitrogens with zero attached hydrogens (tertiary/aromatic N) is 1. The van der Waals surface area contributed by atoms with Gasteiger partial charge in [0.15, 0.2) is 0 Å². The molecule has 0 aliphatic carbocycles. The standard InChI is InChI=1S/C13H19NO3/c1-3-14(10-13(15)16)9-11-5-7-12(8-6-11)17-4-2/h5-8H,3-4,9-10H2,1-2H3,(H,15,16). The van der Waals surface area contributed by atoms with Gasteiger partial charge in [0.05, 0.1) is 13.2 Å². The van der Waals surface area contributed by atoms with E-state index in [2.05, 4.69) is 0 Å². The highest BCUT2D eigenvalue weighted by molar-refractivity contribution is 5.69. The summed E-state index contributed by atoms with van der Waals surface area (Å²) in [5.74, 6) is 0.0512. The Kier molecular flexibility index (Phi) is 5.49. The fourth-order valence-electron chi connectivity index (χ4n) is 1.59. The van der Waals surface area contributed by atoms with Gasteiger partial charge in [0, 0.05) is 6.54 Å². The Hall–Kier alpha value is -1.55. The molecule has 0 aliphatic heterocycles. The van der Waals surface area contributed by atoms with Crippen LogP contribution in [0.25, 0.3) is 0 Å². The zero-order valence-corrected chi connectivity index (χ0v) is 10.3. The Morgan fingerprint density at radius 2 is 1.94 bits per heavy atom. The molecule has 1 rings (SSSR count). The van der Waals surface area contributed by atoms with Crippen LogP contribution < -0.4 is 4.74 Å². The SMILES string of the molecule is CCOc1ccc(CN(CC)CC(=O)O)cc1. The number of carbonyl (C=O) groups is 1. The van der Waals surface area contributed by atoms with Gasteiger partial charge in [-0.3, -0.25) is 9.69 Å². The van der Waals surface area contributed by atoms with E-state index in [-0.39, 0.29) is 6.54 Å². The first-order chi connectivity index (χ1) is 8.15. The quantitative estimate of drug-likeness (QED) is 0.788. The van der Waals surface area contributed by atoms with E-state index in [9.17, 15) is 4.79 Å². The number of aliphatic carboxylic acids is 1. The number of hydrogen-bond acceptors (Lipinski definition) is 3.